The highest BCUT2D eigenvalue weighted by Gasteiger charge is 2.13. The van der Waals surface area contributed by atoms with Crippen molar-refractivity contribution in [2.75, 3.05) is 0 Å². The molecule has 7 nitrogen and oxygen atoms in total. The lowest BCUT2D eigenvalue weighted by Crippen LogP contribution is -2.12. The van der Waals surface area contributed by atoms with E-state index in [4.69, 9.17) is 21.9 Å². The highest BCUT2D eigenvalue weighted by atomic mass is 16.4. The van der Waals surface area contributed by atoms with Crippen molar-refractivity contribution in [2.24, 2.45) is 21.8 Å². The number of oxime groups is 2. The Morgan fingerprint density at radius 3 is 1.49 bits per heavy atom. The van der Waals surface area contributed by atoms with Crippen LogP contribution in [0, 0.1) is 0 Å². The number of fused-ring (bicyclic) bond motifs is 3. The maximum Gasteiger partial charge on any atom is 0.170 e. The van der Waals surface area contributed by atoms with Gasteiger partial charge in [-0.15, -0.1) is 0 Å². The zero-order chi connectivity index (χ0) is 24.5. The monoisotopic (exact) mass is 463 g/mol. The minimum Gasteiger partial charge on any atom is -0.409 e. The Hall–Kier alpha value is -4.78. The van der Waals surface area contributed by atoms with E-state index in [0.717, 1.165) is 50.6 Å². The molecule has 4 aromatic carbocycles. The van der Waals surface area contributed by atoms with Crippen LogP contribution in [0.25, 0.3) is 44.1 Å². The summed E-state index contributed by atoms with van der Waals surface area (Å²) in [6, 6.07) is 28.1. The molecule has 0 aliphatic carbocycles. The lowest BCUT2D eigenvalue weighted by molar-refractivity contribution is 0.318. The van der Waals surface area contributed by atoms with Crippen molar-refractivity contribution >= 4 is 33.5 Å². The fourth-order valence-electron chi connectivity index (χ4n) is 4.64. The van der Waals surface area contributed by atoms with Gasteiger partial charge >= 0.3 is 0 Å². The molecule has 0 radical (unpaired) electrons. The molecule has 7 heteroatoms. The van der Waals surface area contributed by atoms with Gasteiger partial charge in [-0.2, -0.15) is 0 Å². The van der Waals surface area contributed by atoms with Gasteiger partial charge in [0.15, 0.2) is 11.7 Å². The van der Waals surface area contributed by atoms with Crippen LogP contribution in [0.4, 0.5) is 0 Å². The molecule has 6 N–H and O–H groups in total. The normalized spacial score (nSPS) is 12.5. The predicted molar refractivity (Wildman–Crippen MR) is 141 cm³/mol. The predicted octanol–water partition coefficient (Wildman–Crippen LogP) is 5.34. The second-order valence-corrected chi connectivity index (χ2v) is 8.34. The molecule has 174 valence electrons. The van der Waals surface area contributed by atoms with Crippen molar-refractivity contribution in [3.05, 3.63) is 96.1 Å². The average molecular weight is 464 g/mol. The van der Waals surface area contributed by atoms with Crippen LogP contribution in [0.3, 0.4) is 0 Å². The lowest BCUT2D eigenvalue weighted by atomic mass is 9.98. The number of hydrogen-bond donors (Lipinski definition) is 4. The van der Waals surface area contributed by atoms with E-state index < -0.39 is 0 Å². The number of rotatable bonds is 5. The Bertz CT molecular complexity index is 1510. The molecule has 0 amide bonds. The van der Waals surface area contributed by atoms with Gasteiger partial charge in [0.25, 0.3) is 0 Å². The minimum absolute atomic E-state index is 0.0780. The average Bonchev–Trinajstić information content (AvgIpc) is 3.24. The van der Waals surface area contributed by atoms with Gasteiger partial charge in [0.1, 0.15) is 0 Å². The topological polar surface area (TPSA) is 122 Å². The maximum absolute atomic E-state index is 9.06. The van der Waals surface area contributed by atoms with E-state index in [1.54, 1.807) is 0 Å². The van der Waals surface area contributed by atoms with Gasteiger partial charge in [-0.3, -0.25) is 0 Å². The Kier molecular flexibility index (Phi) is 5.58. The van der Waals surface area contributed by atoms with Gasteiger partial charge in [-0.1, -0.05) is 58.8 Å². The number of nitrogens with zero attached hydrogens (tertiary/aromatic N) is 3. The second kappa shape index (κ2) is 8.87. The summed E-state index contributed by atoms with van der Waals surface area (Å²) < 4.78 is 2.30. The largest absolute Gasteiger partial charge is 0.409 e. The van der Waals surface area contributed by atoms with E-state index >= 15 is 0 Å². The summed E-state index contributed by atoms with van der Waals surface area (Å²) in [5.41, 5.74) is 19.3. The zero-order valence-electron chi connectivity index (χ0n) is 19.2. The van der Waals surface area contributed by atoms with Crippen LogP contribution < -0.4 is 11.5 Å². The summed E-state index contributed by atoms with van der Waals surface area (Å²) in [5.74, 6) is 0.156. The van der Waals surface area contributed by atoms with Crippen LogP contribution in [0.1, 0.15) is 18.1 Å². The molecule has 5 rings (SSSR count). The summed E-state index contributed by atoms with van der Waals surface area (Å²) in [4.78, 5) is 0. The molecule has 5 aromatic rings. The Balaban J connectivity index is 1.69. The molecule has 0 aliphatic heterocycles. The molecule has 0 unspecified atom stereocenters. The smallest absolute Gasteiger partial charge is 0.170 e. The van der Waals surface area contributed by atoms with Gasteiger partial charge in [0.05, 0.1) is 0 Å². The minimum atomic E-state index is 0.0780. The number of amidine groups is 2. The number of aromatic nitrogens is 1. The van der Waals surface area contributed by atoms with Gasteiger partial charge in [-0.05, 0) is 65.6 Å². The summed E-state index contributed by atoms with van der Waals surface area (Å²) in [6.07, 6.45) is 0. The van der Waals surface area contributed by atoms with Gasteiger partial charge in [0.2, 0.25) is 0 Å². The van der Waals surface area contributed by atoms with Crippen molar-refractivity contribution in [1.82, 2.24) is 4.57 Å². The number of hydrogen-bond acceptors (Lipinski definition) is 4. The van der Waals surface area contributed by atoms with E-state index in [2.05, 4.69) is 58.2 Å². The van der Waals surface area contributed by atoms with Gasteiger partial charge in [-0.25, -0.2) is 0 Å². The lowest BCUT2D eigenvalue weighted by Gasteiger charge is -2.06. The van der Waals surface area contributed by atoms with Crippen LogP contribution in [0.5, 0.6) is 0 Å². The summed E-state index contributed by atoms with van der Waals surface area (Å²) in [7, 11) is 0. The van der Waals surface area contributed by atoms with Crippen molar-refractivity contribution in [3.8, 4) is 22.3 Å². The summed E-state index contributed by atoms with van der Waals surface area (Å²) in [6.45, 7) is 2.98. The molecule has 1 heterocycles. The van der Waals surface area contributed by atoms with Gasteiger partial charge in [0, 0.05) is 39.5 Å². The first-order valence-electron chi connectivity index (χ1n) is 11.3. The highest BCUT2D eigenvalue weighted by molar-refractivity contribution is 6.11. The Labute approximate surface area is 202 Å². The second-order valence-electron chi connectivity index (χ2n) is 8.34. The standard InChI is InChI=1S/C28H25N5O2/c1-2-33-25-11-9-19(17-5-3-7-21(13-17)27(29)31-34)15-23(25)24-16-20(10-12-26(24)33)18-6-4-8-22(14-18)28(30)32-35/h3-16,34-35H,2H2,1H3,(H2,29,31)(H2,30,32). The fourth-order valence-corrected chi connectivity index (χ4v) is 4.64. The SMILES string of the molecule is CCn1c2ccc(-c3cccc(/C(N)=N/O)c3)cc2c2cc(-c3cccc(/C(N)=N/O)c3)ccc21. The molecular weight excluding hydrogens is 438 g/mol. The molecule has 1 aromatic heterocycles. The third kappa shape index (κ3) is 3.83. The molecule has 0 saturated carbocycles. The van der Waals surface area contributed by atoms with Crippen LogP contribution in [0.15, 0.2) is 95.2 Å². The van der Waals surface area contributed by atoms with E-state index in [1.165, 1.54) is 0 Å². The molecule has 35 heavy (non-hydrogen) atoms. The van der Waals surface area contributed by atoms with Gasteiger partial charge < -0.3 is 26.4 Å². The van der Waals surface area contributed by atoms with E-state index in [9.17, 15) is 0 Å². The van der Waals surface area contributed by atoms with E-state index in [-0.39, 0.29) is 11.7 Å². The molecule has 0 atom stereocenters. The third-order valence-corrected chi connectivity index (χ3v) is 6.38. The number of benzene rings is 4. The third-order valence-electron chi connectivity index (χ3n) is 6.38. The van der Waals surface area contributed by atoms with Crippen molar-refractivity contribution in [2.45, 2.75) is 13.5 Å². The van der Waals surface area contributed by atoms with E-state index in [0.29, 0.717) is 11.1 Å². The first kappa shape index (κ1) is 22.0. The fraction of sp³-hybridized carbons (Fsp3) is 0.0714. The highest BCUT2D eigenvalue weighted by Crippen LogP contribution is 2.35. The van der Waals surface area contributed by atoms with Crippen molar-refractivity contribution < 1.29 is 10.4 Å². The molecule has 0 saturated heterocycles. The number of aryl methyl sites for hydroxylation is 1. The first-order chi connectivity index (χ1) is 17.0. The molecule has 0 aliphatic rings. The summed E-state index contributed by atoms with van der Waals surface area (Å²) in [5, 5.41) is 26.6. The quantitative estimate of drug-likeness (QED) is 0.122. The van der Waals surface area contributed by atoms with Crippen LogP contribution in [0.2, 0.25) is 0 Å². The number of nitrogens with two attached hydrogens (primary N) is 2. The molecule has 0 bridgehead atoms. The molecule has 0 fully saturated rings. The molecule has 0 spiro atoms. The Morgan fingerprint density at radius 2 is 1.09 bits per heavy atom. The first-order valence-corrected chi connectivity index (χ1v) is 11.3. The molecular formula is C28H25N5O2. The van der Waals surface area contributed by atoms with Crippen molar-refractivity contribution in [1.29, 1.82) is 0 Å². The Morgan fingerprint density at radius 1 is 0.657 bits per heavy atom. The van der Waals surface area contributed by atoms with Crippen LogP contribution in [-0.2, 0) is 6.54 Å². The van der Waals surface area contributed by atoms with Crippen LogP contribution >= 0.6 is 0 Å². The van der Waals surface area contributed by atoms with Crippen molar-refractivity contribution in [3.63, 3.8) is 0 Å². The maximum atomic E-state index is 9.06. The van der Waals surface area contributed by atoms with E-state index in [1.807, 2.05) is 48.5 Å². The zero-order valence-corrected chi connectivity index (χ0v) is 19.2. The summed E-state index contributed by atoms with van der Waals surface area (Å²) >= 11 is 0. The van der Waals surface area contributed by atoms with Crippen LogP contribution in [-0.4, -0.2) is 26.7 Å².